The number of hydrogen-bond donors (Lipinski definition) is 0. The van der Waals surface area contributed by atoms with E-state index in [4.69, 9.17) is 9.40 Å². The third-order valence-corrected chi connectivity index (χ3v) is 6.72. The lowest BCUT2D eigenvalue weighted by Crippen LogP contribution is -2.53. The van der Waals surface area contributed by atoms with Crippen LogP contribution in [-0.2, 0) is 11.3 Å². The molecule has 162 valence electrons. The number of carbonyl (C=O) groups is 1. The zero-order chi connectivity index (χ0) is 21.4. The Morgan fingerprint density at radius 2 is 1.84 bits per heavy atom. The van der Waals surface area contributed by atoms with E-state index in [1.807, 2.05) is 35.4 Å². The van der Waals surface area contributed by atoms with Crippen molar-refractivity contribution in [2.24, 2.45) is 5.41 Å². The predicted molar refractivity (Wildman–Crippen MR) is 119 cm³/mol. The molecule has 2 aliphatic heterocycles. The molecule has 1 amide bonds. The summed E-state index contributed by atoms with van der Waals surface area (Å²) < 4.78 is 5.56. The number of oxazole rings is 1. The molecule has 1 spiro atoms. The van der Waals surface area contributed by atoms with Gasteiger partial charge in [0.25, 0.3) is 0 Å². The second kappa shape index (κ2) is 7.94. The lowest BCUT2D eigenvalue weighted by Gasteiger charge is -2.46. The van der Waals surface area contributed by atoms with Gasteiger partial charge < -0.3 is 14.2 Å². The number of nitrogens with zero attached hydrogens (tertiary/aromatic N) is 5. The van der Waals surface area contributed by atoms with E-state index in [9.17, 15) is 4.79 Å². The number of anilines is 1. The summed E-state index contributed by atoms with van der Waals surface area (Å²) in [6.07, 6.45) is 7.27. The third kappa shape index (κ3) is 3.77. The number of hydrogen-bond acceptors (Lipinski definition) is 6. The average molecular weight is 420 g/mol. The smallest absolute Gasteiger partial charge is 0.229 e. The molecule has 0 aliphatic carbocycles. The number of para-hydroxylation sites is 2. The quantitative estimate of drug-likeness (QED) is 0.632. The summed E-state index contributed by atoms with van der Waals surface area (Å²) in [6.45, 7) is 7.11. The SMILES string of the molecule is CC(C)c1nc(CN2CCCC3(CCN(c4cnc5ccccc5n4)CC3)C2=O)co1. The first-order chi connectivity index (χ1) is 15.0. The van der Waals surface area contributed by atoms with Crippen molar-refractivity contribution in [2.45, 2.75) is 52.0 Å². The Morgan fingerprint density at radius 3 is 2.58 bits per heavy atom. The van der Waals surface area contributed by atoms with E-state index in [1.54, 1.807) is 6.26 Å². The van der Waals surface area contributed by atoms with Crippen molar-refractivity contribution >= 4 is 22.8 Å². The molecule has 2 aromatic heterocycles. The van der Waals surface area contributed by atoms with E-state index in [0.29, 0.717) is 6.54 Å². The van der Waals surface area contributed by atoms with Crippen molar-refractivity contribution in [1.29, 1.82) is 0 Å². The standard InChI is InChI=1S/C24H29N5O2/c1-17(2)22-26-18(16-31-22)15-29-11-5-8-24(23(29)30)9-12-28(13-10-24)21-14-25-19-6-3-4-7-20(19)27-21/h3-4,6-7,14,16-17H,5,8-13,15H2,1-2H3. The molecular formula is C24H29N5O2. The van der Waals surface area contributed by atoms with Gasteiger partial charge in [-0.25, -0.2) is 9.97 Å². The molecule has 5 rings (SSSR count). The van der Waals surface area contributed by atoms with Crippen LogP contribution in [0.4, 0.5) is 5.82 Å². The molecule has 7 heteroatoms. The first kappa shape index (κ1) is 20.0. The van der Waals surface area contributed by atoms with Gasteiger partial charge in [-0.1, -0.05) is 26.0 Å². The van der Waals surface area contributed by atoms with Gasteiger partial charge in [0.1, 0.15) is 12.1 Å². The summed E-state index contributed by atoms with van der Waals surface area (Å²) in [5.41, 5.74) is 2.40. The highest BCUT2D eigenvalue weighted by Gasteiger charge is 2.46. The molecule has 0 radical (unpaired) electrons. The van der Waals surface area contributed by atoms with Crippen LogP contribution in [0.15, 0.2) is 41.1 Å². The Balaban J connectivity index is 1.27. The Bertz CT molecular complexity index is 1080. The average Bonchev–Trinajstić information content (AvgIpc) is 3.26. The highest BCUT2D eigenvalue weighted by Crippen LogP contribution is 2.42. The molecular weight excluding hydrogens is 390 g/mol. The zero-order valence-electron chi connectivity index (χ0n) is 18.3. The highest BCUT2D eigenvalue weighted by atomic mass is 16.3. The van der Waals surface area contributed by atoms with Gasteiger partial charge in [-0.2, -0.15) is 0 Å². The predicted octanol–water partition coefficient (Wildman–Crippen LogP) is 4.15. The van der Waals surface area contributed by atoms with E-state index in [-0.39, 0.29) is 17.2 Å². The molecule has 0 atom stereocenters. The number of rotatable bonds is 4. The van der Waals surface area contributed by atoms with Crippen LogP contribution in [0.5, 0.6) is 0 Å². The number of benzene rings is 1. The van der Waals surface area contributed by atoms with Gasteiger partial charge in [0.15, 0.2) is 5.89 Å². The Hall–Kier alpha value is -2.96. The van der Waals surface area contributed by atoms with Crippen LogP contribution in [0.1, 0.15) is 57.0 Å². The fourth-order valence-corrected chi connectivity index (χ4v) is 4.89. The third-order valence-electron chi connectivity index (χ3n) is 6.72. The second-order valence-electron chi connectivity index (χ2n) is 9.15. The summed E-state index contributed by atoms with van der Waals surface area (Å²) >= 11 is 0. The lowest BCUT2D eigenvalue weighted by atomic mass is 9.71. The molecule has 0 bridgehead atoms. The minimum absolute atomic E-state index is 0.250. The number of fused-ring (bicyclic) bond motifs is 1. The number of carbonyl (C=O) groups excluding carboxylic acids is 1. The van der Waals surface area contributed by atoms with Gasteiger partial charge in [0.2, 0.25) is 5.91 Å². The van der Waals surface area contributed by atoms with Crippen LogP contribution >= 0.6 is 0 Å². The Labute approximate surface area is 182 Å². The first-order valence-corrected chi connectivity index (χ1v) is 11.2. The zero-order valence-corrected chi connectivity index (χ0v) is 18.3. The van der Waals surface area contributed by atoms with Gasteiger partial charge in [0, 0.05) is 25.6 Å². The first-order valence-electron chi connectivity index (χ1n) is 11.2. The molecule has 7 nitrogen and oxygen atoms in total. The van der Waals surface area contributed by atoms with Crippen LogP contribution < -0.4 is 4.90 Å². The molecule has 0 saturated carbocycles. The molecule has 0 N–H and O–H groups in total. The largest absolute Gasteiger partial charge is 0.448 e. The van der Waals surface area contributed by atoms with Gasteiger partial charge in [-0.3, -0.25) is 9.78 Å². The number of piperidine rings is 2. The van der Waals surface area contributed by atoms with Crippen molar-refractivity contribution < 1.29 is 9.21 Å². The topological polar surface area (TPSA) is 75.4 Å². The minimum atomic E-state index is -0.260. The lowest BCUT2D eigenvalue weighted by molar-refractivity contribution is -0.148. The monoisotopic (exact) mass is 419 g/mol. The fourth-order valence-electron chi connectivity index (χ4n) is 4.89. The van der Waals surface area contributed by atoms with E-state index in [1.165, 1.54) is 0 Å². The van der Waals surface area contributed by atoms with E-state index in [0.717, 1.165) is 73.8 Å². The molecule has 2 fully saturated rings. The summed E-state index contributed by atoms with van der Waals surface area (Å²) in [5.74, 6) is 2.16. The highest BCUT2D eigenvalue weighted by molar-refractivity contribution is 5.84. The fraction of sp³-hybridized carbons (Fsp3) is 0.500. The van der Waals surface area contributed by atoms with Crippen LogP contribution in [0.2, 0.25) is 0 Å². The molecule has 0 unspecified atom stereocenters. The minimum Gasteiger partial charge on any atom is -0.448 e. The Kier molecular flexibility index (Phi) is 5.12. The van der Waals surface area contributed by atoms with Crippen molar-refractivity contribution in [2.75, 3.05) is 24.5 Å². The van der Waals surface area contributed by atoms with Gasteiger partial charge >= 0.3 is 0 Å². The molecule has 4 heterocycles. The molecule has 2 saturated heterocycles. The number of aromatic nitrogens is 3. The summed E-state index contributed by atoms with van der Waals surface area (Å²) in [5, 5.41) is 0. The normalized spacial score (nSPS) is 19.0. The van der Waals surface area contributed by atoms with Crippen LogP contribution in [-0.4, -0.2) is 45.4 Å². The summed E-state index contributed by atoms with van der Waals surface area (Å²) in [6, 6.07) is 7.94. The Morgan fingerprint density at radius 1 is 1.06 bits per heavy atom. The second-order valence-corrected chi connectivity index (χ2v) is 9.15. The molecule has 3 aromatic rings. The maximum atomic E-state index is 13.5. The van der Waals surface area contributed by atoms with E-state index >= 15 is 0 Å². The van der Waals surface area contributed by atoms with Crippen molar-refractivity contribution in [1.82, 2.24) is 19.9 Å². The van der Waals surface area contributed by atoms with E-state index < -0.39 is 0 Å². The number of likely N-dealkylation sites (tertiary alicyclic amines) is 1. The maximum absolute atomic E-state index is 13.5. The summed E-state index contributed by atoms with van der Waals surface area (Å²) in [7, 11) is 0. The summed E-state index contributed by atoms with van der Waals surface area (Å²) in [4.78, 5) is 31.6. The van der Waals surface area contributed by atoms with Crippen molar-refractivity contribution in [3.63, 3.8) is 0 Å². The molecule has 1 aromatic carbocycles. The van der Waals surface area contributed by atoms with Crippen LogP contribution in [0, 0.1) is 5.41 Å². The van der Waals surface area contributed by atoms with Crippen molar-refractivity contribution in [3.8, 4) is 0 Å². The van der Waals surface area contributed by atoms with Crippen LogP contribution in [0.3, 0.4) is 0 Å². The molecule has 31 heavy (non-hydrogen) atoms. The van der Waals surface area contributed by atoms with Crippen LogP contribution in [0.25, 0.3) is 11.0 Å². The number of amides is 1. The maximum Gasteiger partial charge on any atom is 0.229 e. The van der Waals surface area contributed by atoms with Crippen molar-refractivity contribution in [3.05, 3.63) is 48.3 Å². The van der Waals surface area contributed by atoms with Gasteiger partial charge in [0.05, 0.1) is 34.9 Å². The molecule has 2 aliphatic rings. The van der Waals surface area contributed by atoms with Gasteiger partial charge in [-0.15, -0.1) is 0 Å². The van der Waals surface area contributed by atoms with Gasteiger partial charge in [-0.05, 0) is 37.8 Å². The van der Waals surface area contributed by atoms with E-state index in [2.05, 4.69) is 28.7 Å².